The van der Waals surface area contributed by atoms with Crippen LogP contribution in [0.4, 0.5) is 0 Å². The molecule has 0 radical (unpaired) electrons. The van der Waals surface area contributed by atoms with E-state index in [2.05, 4.69) is 6.07 Å². The van der Waals surface area contributed by atoms with Crippen LogP contribution in [0.2, 0.25) is 5.02 Å². The second-order valence-corrected chi connectivity index (χ2v) is 5.35. The van der Waals surface area contributed by atoms with Gasteiger partial charge in [-0.15, -0.1) is 0 Å². The van der Waals surface area contributed by atoms with Crippen molar-refractivity contribution in [1.82, 2.24) is 4.90 Å². The maximum absolute atomic E-state index is 12.1. The molecule has 19 heavy (non-hydrogen) atoms. The first-order valence-electron chi connectivity index (χ1n) is 6.61. The highest BCUT2D eigenvalue weighted by Gasteiger charge is 2.21. The largest absolute Gasteiger partial charge is 0.343 e. The summed E-state index contributed by atoms with van der Waals surface area (Å²) in [5.74, 6) is 0.299. The average Bonchev–Trinajstić information content (AvgIpc) is 2.45. The van der Waals surface area contributed by atoms with Crippen LogP contribution in [0.5, 0.6) is 0 Å². The number of nitrogens with zero attached hydrogens (tertiary/aromatic N) is 2. The van der Waals surface area contributed by atoms with Crippen molar-refractivity contribution in [3.05, 3.63) is 34.9 Å². The molecule has 0 spiro atoms. The Labute approximate surface area is 118 Å². The van der Waals surface area contributed by atoms with Gasteiger partial charge in [-0.05, 0) is 37.0 Å². The van der Waals surface area contributed by atoms with Crippen LogP contribution in [0.3, 0.4) is 0 Å². The number of piperidine rings is 1. The number of carbonyl (C=O) groups excluding carboxylic acids is 1. The normalized spacial score (nSPS) is 16.1. The molecular weight excluding hydrogens is 260 g/mol. The number of amides is 1. The van der Waals surface area contributed by atoms with Crippen molar-refractivity contribution >= 4 is 17.5 Å². The predicted octanol–water partition coefficient (Wildman–Crippen LogP) is 3.03. The fourth-order valence-corrected chi connectivity index (χ4v) is 2.57. The van der Waals surface area contributed by atoms with Crippen molar-refractivity contribution in [3.8, 4) is 6.07 Å². The minimum atomic E-state index is 0.122. The van der Waals surface area contributed by atoms with Crippen LogP contribution in [0.1, 0.15) is 24.8 Å². The summed E-state index contributed by atoms with van der Waals surface area (Å²) in [4.78, 5) is 13.9. The lowest BCUT2D eigenvalue weighted by molar-refractivity contribution is -0.132. The zero-order valence-electron chi connectivity index (χ0n) is 10.8. The van der Waals surface area contributed by atoms with Gasteiger partial charge in [0.15, 0.2) is 0 Å². The smallest absolute Gasteiger partial charge is 0.222 e. The summed E-state index contributed by atoms with van der Waals surface area (Å²) in [6.07, 6.45) is 2.84. The molecule has 1 fully saturated rings. The third-order valence-corrected chi connectivity index (χ3v) is 3.78. The summed E-state index contributed by atoms with van der Waals surface area (Å²) >= 11 is 5.91. The highest BCUT2D eigenvalue weighted by Crippen LogP contribution is 2.18. The monoisotopic (exact) mass is 276 g/mol. The molecule has 1 aliphatic rings. The Hall–Kier alpha value is -1.53. The molecule has 100 valence electrons. The van der Waals surface area contributed by atoms with Crippen molar-refractivity contribution < 1.29 is 4.79 Å². The summed E-state index contributed by atoms with van der Waals surface area (Å²) in [5, 5.41) is 9.54. The predicted molar refractivity (Wildman–Crippen MR) is 74.7 cm³/mol. The molecule has 1 saturated heterocycles. The lowest BCUT2D eigenvalue weighted by Gasteiger charge is -2.29. The summed E-state index contributed by atoms with van der Waals surface area (Å²) in [6, 6.07) is 9.90. The molecule has 1 aliphatic heterocycles. The minimum absolute atomic E-state index is 0.122. The van der Waals surface area contributed by atoms with Crippen LogP contribution >= 0.6 is 11.6 Å². The third-order valence-electron chi connectivity index (χ3n) is 3.55. The molecule has 1 amide bonds. The Morgan fingerprint density at radius 3 is 2.79 bits per heavy atom. The van der Waals surface area contributed by atoms with Gasteiger partial charge in [0.2, 0.25) is 5.91 Å². The summed E-state index contributed by atoms with van der Waals surface area (Å²) in [6.45, 7) is 1.43. The first-order valence-corrected chi connectivity index (χ1v) is 6.98. The fraction of sp³-hybridized carbons (Fsp3) is 0.467. The van der Waals surface area contributed by atoms with Crippen LogP contribution in [-0.4, -0.2) is 23.9 Å². The van der Waals surface area contributed by atoms with Gasteiger partial charge in [-0.3, -0.25) is 4.79 Å². The summed E-state index contributed by atoms with van der Waals surface area (Å²) in [5.41, 5.74) is 1.09. The molecule has 0 aliphatic carbocycles. The number of nitriles is 1. The standard InChI is InChI=1S/C15H17ClN2O/c16-14-3-1-2-12(10-14)4-5-15(19)18-8-6-13(11-17)7-9-18/h1-3,10,13H,4-9H2. The number of aryl methyl sites for hydroxylation is 1. The van der Waals surface area contributed by atoms with Crippen LogP contribution in [0, 0.1) is 17.2 Å². The van der Waals surface area contributed by atoms with E-state index in [0.717, 1.165) is 24.8 Å². The highest BCUT2D eigenvalue weighted by atomic mass is 35.5. The Kier molecular flexibility index (Phi) is 4.81. The second-order valence-electron chi connectivity index (χ2n) is 4.91. The molecule has 0 bridgehead atoms. The van der Waals surface area contributed by atoms with Gasteiger partial charge in [-0.25, -0.2) is 0 Å². The molecule has 3 nitrogen and oxygen atoms in total. The van der Waals surface area contributed by atoms with Crippen molar-refractivity contribution in [2.75, 3.05) is 13.1 Å². The van der Waals surface area contributed by atoms with Gasteiger partial charge in [-0.1, -0.05) is 23.7 Å². The Balaban J connectivity index is 1.81. The molecule has 1 aromatic rings. The Morgan fingerprint density at radius 1 is 1.42 bits per heavy atom. The molecular formula is C15H17ClN2O. The molecule has 0 aromatic heterocycles. The van der Waals surface area contributed by atoms with E-state index < -0.39 is 0 Å². The quantitative estimate of drug-likeness (QED) is 0.852. The minimum Gasteiger partial charge on any atom is -0.343 e. The SMILES string of the molecule is N#CC1CCN(C(=O)CCc2cccc(Cl)c2)CC1. The van der Waals surface area contributed by atoms with E-state index in [4.69, 9.17) is 16.9 Å². The molecule has 0 saturated carbocycles. The van der Waals surface area contributed by atoms with Crippen LogP contribution in [0.15, 0.2) is 24.3 Å². The van der Waals surface area contributed by atoms with Gasteiger partial charge in [0, 0.05) is 30.5 Å². The van der Waals surface area contributed by atoms with E-state index in [1.54, 1.807) is 0 Å². The van der Waals surface area contributed by atoms with Crippen molar-refractivity contribution in [2.45, 2.75) is 25.7 Å². The van der Waals surface area contributed by atoms with Gasteiger partial charge < -0.3 is 4.90 Å². The van der Waals surface area contributed by atoms with E-state index >= 15 is 0 Å². The first kappa shape index (κ1) is 13.9. The lowest BCUT2D eigenvalue weighted by Crippen LogP contribution is -2.38. The van der Waals surface area contributed by atoms with E-state index in [1.165, 1.54) is 0 Å². The highest BCUT2D eigenvalue weighted by molar-refractivity contribution is 6.30. The van der Waals surface area contributed by atoms with E-state index in [9.17, 15) is 4.79 Å². The third kappa shape index (κ3) is 3.97. The molecule has 1 aromatic carbocycles. The number of hydrogen-bond donors (Lipinski definition) is 0. The number of likely N-dealkylation sites (tertiary alicyclic amines) is 1. The fourth-order valence-electron chi connectivity index (χ4n) is 2.36. The van der Waals surface area contributed by atoms with Crippen LogP contribution in [-0.2, 0) is 11.2 Å². The maximum Gasteiger partial charge on any atom is 0.222 e. The molecule has 1 heterocycles. The molecule has 0 unspecified atom stereocenters. The van der Waals surface area contributed by atoms with Gasteiger partial charge in [0.05, 0.1) is 6.07 Å². The Bertz CT molecular complexity index is 487. The van der Waals surface area contributed by atoms with Gasteiger partial charge in [0.25, 0.3) is 0 Å². The first-order chi connectivity index (χ1) is 9.19. The van der Waals surface area contributed by atoms with Crippen LogP contribution < -0.4 is 0 Å². The van der Waals surface area contributed by atoms with Gasteiger partial charge in [-0.2, -0.15) is 5.26 Å². The molecule has 2 rings (SSSR count). The van der Waals surface area contributed by atoms with Gasteiger partial charge in [0.1, 0.15) is 0 Å². The van der Waals surface area contributed by atoms with Crippen molar-refractivity contribution in [1.29, 1.82) is 5.26 Å². The van der Waals surface area contributed by atoms with E-state index in [1.807, 2.05) is 29.2 Å². The maximum atomic E-state index is 12.1. The summed E-state index contributed by atoms with van der Waals surface area (Å²) in [7, 11) is 0. The van der Waals surface area contributed by atoms with Crippen molar-refractivity contribution in [3.63, 3.8) is 0 Å². The number of rotatable bonds is 3. The lowest BCUT2D eigenvalue weighted by atomic mass is 9.98. The topological polar surface area (TPSA) is 44.1 Å². The van der Waals surface area contributed by atoms with Gasteiger partial charge >= 0.3 is 0 Å². The number of benzene rings is 1. The van der Waals surface area contributed by atoms with Crippen LogP contribution in [0.25, 0.3) is 0 Å². The zero-order valence-corrected chi connectivity index (χ0v) is 11.6. The summed E-state index contributed by atoms with van der Waals surface area (Å²) < 4.78 is 0. The molecule has 0 N–H and O–H groups in total. The molecule has 4 heteroatoms. The number of carbonyl (C=O) groups is 1. The zero-order chi connectivity index (χ0) is 13.7. The van der Waals surface area contributed by atoms with Crippen molar-refractivity contribution in [2.24, 2.45) is 5.92 Å². The molecule has 0 atom stereocenters. The second kappa shape index (κ2) is 6.58. The van der Waals surface area contributed by atoms with E-state index in [-0.39, 0.29) is 11.8 Å². The average molecular weight is 277 g/mol. The van der Waals surface area contributed by atoms with E-state index in [0.29, 0.717) is 24.5 Å². The Morgan fingerprint density at radius 2 is 2.16 bits per heavy atom. The number of hydrogen-bond acceptors (Lipinski definition) is 2. The number of halogens is 1.